The molecule has 9 heteroatoms. The molecule has 0 saturated heterocycles. The Morgan fingerprint density at radius 1 is 1.06 bits per heavy atom. The van der Waals surface area contributed by atoms with Crippen molar-refractivity contribution in [2.24, 2.45) is 5.92 Å². The van der Waals surface area contributed by atoms with Crippen LogP contribution >= 0.6 is 0 Å². The Hall–Kier alpha value is -3.36. The molecule has 1 aliphatic rings. The summed E-state index contributed by atoms with van der Waals surface area (Å²) in [4.78, 5) is 21.3. The number of ether oxygens (including phenoxy) is 1. The number of hydrogen-bond acceptors (Lipinski definition) is 4. The predicted octanol–water partition coefficient (Wildman–Crippen LogP) is 5.57. The maximum absolute atomic E-state index is 12.7. The van der Waals surface area contributed by atoms with E-state index in [2.05, 4.69) is 15.0 Å². The van der Waals surface area contributed by atoms with Crippen molar-refractivity contribution in [3.05, 3.63) is 54.5 Å². The molecule has 1 fully saturated rings. The van der Waals surface area contributed by atoms with Crippen molar-refractivity contribution in [3.63, 3.8) is 0 Å². The van der Waals surface area contributed by atoms with Crippen molar-refractivity contribution in [1.82, 2.24) is 15.0 Å². The fraction of sp³-hybridized carbons (Fsp3) is 0.348. The van der Waals surface area contributed by atoms with E-state index in [1.807, 2.05) is 24.3 Å². The van der Waals surface area contributed by atoms with Crippen LogP contribution in [0.25, 0.3) is 22.6 Å². The Labute approximate surface area is 182 Å². The lowest BCUT2D eigenvalue weighted by Gasteiger charge is -2.28. The number of rotatable bonds is 6. The Morgan fingerprint density at radius 3 is 2.44 bits per heavy atom. The van der Waals surface area contributed by atoms with Crippen LogP contribution < -0.4 is 4.74 Å². The minimum absolute atomic E-state index is 0.00578. The molecular formula is C23H22F3N3O3. The number of carbonyl (C=O) groups is 1. The van der Waals surface area contributed by atoms with Crippen LogP contribution in [-0.4, -0.2) is 32.1 Å². The molecular weight excluding hydrogens is 423 g/mol. The van der Waals surface area contributed by atoms with Crippen molar-refractivity contribution in [3.8, 4) is 28.4 Å². The molecule has 6 nitrogen and oxygen atoms in total. The third-order valence-corrected chi connectivity index (χ3v) is 5.57. The second-order valence-electron chi connectivity index (χ2n) is 7.97. The highest BCUT2D eigenvalue weighted by Gasteiger charge is 2.33. The summed E-state index contributed by atoms with van der Waals surface area (Å²) in [5, 5.41) is 9.00. The summed E-state index contributed by atoms with van der Waals surface area (Å²) in [6.07, 6.45) is 1.46. The number of nitrogens with zero attached hydrogens (tertiary/aromatic N) is 2. The number of H-pyrrole nitrogens is 1. The lowest BCUT2D eigenvalue weighted by molar-refractivity contribution is -0.141. The number of aliphatic carboxylic acids is 1. The minimum Gasteiger partial charge on any atom is -0.490 e. The zero-order valence-corrected chi connectivity index (χ0v) is 17.1. The first-order chi connectivity index (χ1) is 15.3. The largest absolute Gasteiger partial charge is 0.490 e. The van der Waals surface area contributed by atoms with E-state index in [0.29, 0.717) is 17.0 Å². The van der Waals surface area contributed by atoms with E-state index in [0.717, 1.165) is 37.4 Å². The lowest BCUT2D eigenvalue weighted by Crippen LogP contribution is -2.26. The normalized spacial score (nSPS) is 19.0. The van der Waals surface area contributed by atoms with Crippen LogP contribution in [0.2, 0.25) is 0 Å². The standard InChI is InChI=1S/C23H22F3N3O3/c24-23(25,26)20-13-28-22(29-20)16-6-9-19(27-12-16)15-4-7-17(8-5-15)32-18-3-1-2-14(10-18)11-21(30)31/h4-9,12-14,18H,1-3,10-11H2,(H,28,29)(H,30,31). The van der Waals surface area contributed by atoms with Gasteiger partial charge in [0.05, 0.1) is 18.0 Å². The Kier molecular flexibility index (Phi) is 6.16. The number of halogens is 3. The molecule has 4 rings (SSSR count). The van der Waals surface area contributed by atoms with E-state index < -0.39 is 17.8 Å². The van der Waals surface area contributed by atoms with Crippen molar-refractivity contribution in [1.29, 1.82) is 0 Å². The van der Waals surface area contributed by atoms with Gasteiger partial charge in [-0.1, -0.05) is 0 Å². The zero-order chi connectivity index (χ0) is 22.7. The molecule has 32 heavy (non-hydrogen) atoms. The van der Waals surface area contributed by atoms with E-state index in [9.17, 15) is 18.0 Å². The van der Waals surface area contributed by atoms with E-state index in [1.54, 1.807) is 12.1 Å². The molecule has 168 valence electrons. The molecule has 2 unspecified atom stereocenters. The molecule has 1 aliphatic carbocycles. The fourth-order valence-electron chi connectivity index (χ4n) is 3.99. The summed E-state index contributed by atoms with van der Waals surface area (Å²) in [5.74, 6) is 0.191. The summed E-state index contributed by atoms with van der Waals surface area (Å²) in [7, 11) is 0. The van der Waals surface area contributed by atoms with Crippen LogP contribution in [0, 0.1) is 5.92 Å². The van der Waals surface area contributed by atoms with Crippen LogP contribution in [-0.2, 0) is 11.0 Å². The molecule has 1 aromatic carbocycles. The van der Waals surface area contributed by atoms with Crippen LogP contribution in [0.3, 0.4) is 0 Å². The molecule has 0 bridgehead atoms. The number of benzene rings is 1. The molecule has 0 aliphatic heterocycles. The summed E-state index contributed by atoms with van der Waals surface area (Å²) < 4.78 is 44.2. The number of alkyl halides is 3. The van der Waals surface area contributed by atoms with Crippen molar-refractivity contribution in [2.45, 2.75) is 44.4 Å². The number of aromatic nitrogens is 3. The van der Waals surface area contributed by atoms with Crippen molar-refractivity contribution < 1.29 is 27.8 Å². The van der Waals surface area contributed by atoms with Gasteiger partial charge >= 0.3 is 12.1 Å². The molecule has 0 radical (unpaired) electrons. The van der Waals surface area contributed by atoms with Gasteiger partial charge in [0, 0.05) is 23.7 Å². The number of nitrogens with one attached hydrogen (secondary N) is 1. The molecule has 2 heterocycles. The minimum atomic E-state index is -4.47. The number of pyridine rings is 1. The molecule has 1 saturated carbocycles. The smallest absolute Gasteiger partial charge is 0.432 e. The highest BCUT2D eigenvalue weighted by Crippen LogP contribution is 2.32. The van der Waals surface area contributed by atoms with E-state index in [-0.39, 0.29) is 24.3 Å². The second-order valence-corrected chi connectivity index (χ2v) is 7.97. The number of imidazole rings is 1. The predicted molar refractivity (Wildman–Crippen MR) is 111 cm³/mol. The van der Waals surface area contributed by atoms with Crippen LogP contribution in [0.4, 0.5) is 13.2 Å². The van der Waals surface area contributed by atoms with Gasteiger partial charge in [0.25, 0.3) is 0 Å². The first-order valence-electron chi connectivity index (χ1n) is 10.4. The van der Waals surface area contributed by atoms with Gasteiger partial charge < -0.3 is 14.8 Å². The number of hydrogen-bond donors (Lipinski definition) is 2. The summed E-state index contributed by atoms with van der Waals surface area (Å²) >= 11 is 0. The molecule has 2 atom stereocenters. The number of carboxylic acid groups (broad SMARTS) is 1. The quantitative estimate of drug-likeness (QED) is 0.518. The first kappa shape index (κ1) is 21.9. The van der Waals surface area contributed by atoms with E-state index in [4.69, 9.17) is 9.84 Å². The molecule has 0 amide bonds. The average molecular weight is 445 g/mol. The Balaban J connectivity index is 1.40. The lowest BCUT2D eigenvalue weighted by atomic mass is 9.85. The number of carboxylic acids is 1. The van der Waals surface area contributed by atoms with Crippen molar-refractivity contribution in [2.75, 3.05) is 0 Å². The first-order valence-corrected chi connectivity index (χ1v) is 10.4. The van der Waals surface area contributed by atoms with Gasteiger partial charge in [0.2, 0.25) is 0 Å². The van der Waals surface area contributed by atoms with Crippen LogP contribution in [0.1, 0.15) is 37.8 Å². The SMILES string of the molecule is O=C(O)CC1CCCC(Oc2ccc(-c3ccc(-c4ncc(C(F)(F)F)[nH]4)cn3)cc2)C1. The van der Waals surface area contributed by atoms with Gasteiger partial charge in [-0.3, -0.25) is 9.78 Å². The highest BCUT2D eigenvalue weighted by atomic mass is 19.4. The van der Waals surface area contributed by atoms with E-state index in [1.165, 1.54) is 6.20 Å². The fourth-order valence-corrected chi connectivity index (χ4v) is 3.99. The van der Waals surface area contributed by atoms with Gasteiger partial charge in [-0.2, -0.15) is 13.2 Å². The monoisotopic (exact) mass is 445 g/mol. The van der Waals surface area contributed by atoms with E-state index >= 15 is 0 Å². The highest BCUT2D eigenvalue weighted by molar-refractivity contribution is 5.67. The van der Waals surface area contributed by atoms with Gasteiger partial charge in [-0.25, -0.2) is 4.98 Å². The average Bonchev–Trinajstić information content (AvgIpc) is 3.25. The van der Waals surface area contributed by atoms with Gasteiger partial charge in [0.15, 0.2) is 0 Å². The molecule has 0 spiro atoms. The van der Waals surface area contributed by atoms with Gasteiger partial charge in [-0.15, -0.1) is 0 Å². The Bertz CT molecular complexity index is 1060. The Morgan fingerprint density at radius 2 is 1.81 bits per heavy atom. The van der Waals surface area contributed by atoms with Gasteiger partial charge in [-0.05, 0) is 68.0 Å². The third kappa shape index (κ3) is 5.27. The van der Waals surface area contributed by atoms with Gasteiger partial charge in [0.1, 0.15) is 17.3 Å². The topological polar surface area (TPSA) is 88.1 Å². The maximum Gasteiger partial charge on any atom is 0.432 e. The number of aromatic amines is 1. The van der Waals surface area contributed by atoms with Crippen LogP contribution in [0.5, 0.6) is 5.75 Å². The van der Waals surface area contributed by atoms with Crippen molar-refractivity contribution >= 4 is 5.97 Å². The summed E-state index contributed by atoms with van der Waals surface area (Å²) in [6, 6.07) is 10.8. The molecule has 3 aromatic rings. The maximum atomic E-state index is 12.7. The second kappa shape index (κ2) is 9.02. The zero-order valence-electron chi connectivity index (χ0n) is 17.1. The molecule has 2 aromatic heterocycles. The van der Waals surface area contributed by atoms with Crippen LogP contribution in [0.15, 0.2) is 48.8 Å². The molecule has 2 N–H and O–H groups in total. The summed E-state index contributed by atoms with van der Waals surface area (Å²) in [6.45, 7) is 0. The third-order valence-electron chi connectivity index (χ3n) is 5.57. The summed E-state index contributed by atoms with van der Waals surface area (Å²) in [5.41, 5.74) is 1.06.